The summed E-state index contributed by atoms with van der Waals surface area (Å²) < 4.78 is 11.1. The van der Waals surface area contributed by atoms with Crippen molar-refractivity contribution < 1.29 is 18.8 Å². The van der Waals surface area contributed by atoms with Gasteiger partial charge in [-0.05, 0) is 58.4 Å². The Morgan fingerprint density at radius 3 is 2.57 bits per heavy atom. The van der Waals surface area contributed by atoms with Crippen LogP contribution in [-0.2, 0) is 14.0 Å². The summed E-state index contributed by atoms with van der Waals surface area (Å²) >= 11 is 0. The van der Waals surface area contributed by atoms with Gasteiger partial charge in [0.15, 0.2) is 0 Å². The first-order valence-corrected chi connectivity index (χ1v) is 9.90. The van der Waals surface area contributed by atoms with Gasteiger partial charge in [-0.1, -0.05) is 13.8 Å². The quantitative estimate of drug-likeness (QED) is 0.716. The fraction of sp³-hybridized carbons (Fsp3) is 0.882. The number of rotatable bonds is 5. The molecule has 1 aliphatic rings. The van der Waals surface area contributed by atoms with Gasteiger partial charge in [-0.3, -0.25) is 4.79 Å². The summed E-state index contributed by atoms with van der Waals surface area (Å²) in [5, 5.41) is 0. The predicted molar refractivity (Wildman–Crippen MR) is 91.2 cm³/mol. The maximum atomic E-state index is 12.6. The number of ether oxygens (including phenoxy) is 1. The van der Waals surface area contributed by atoms with E-state index in [1.54, 1.807) is 0 Å². The van der Waals surface area contributed by atoms with Crippen LogP contribution < -0.4 is 0 Å². The Hall–Kier alpha value is -0.883. The second-order valence-electron chi connectivity index (χ2n) is 7.61. The molecule has 1 rings (SSSR count). The topological polar surface area (TPSA) is 55.8 Å². The minimum Gasteiger partial charge on any atom is -0.443 e. The summed E-state index contributed by atoms with van der Waals surface area (Å²) in [6, 6.07) is -0.227. The van der Waals surface area contributed by atoms with Crippen molar-refractivity contribution in [1.82, 2.24) is 4.90 Å². The molecule has 1 fully saturated rings. The molecule has 5 nitrogen and oxygen atoms in total. The number of hydrogen-bond donors (Lipinski definition) is 0. The molecule has 0 N–H and O–H groups in total. The number of imide groups is 1. The van der Waals surface area contributed by atoms with E-state index in [9.17, 15) is 9.59 Å². The minimum absolute atomic E-state index is 0.140. The number of nitrogens with zero attached hydrogens (tertiary/aromatic N) is 1. The molecule has 0 aromatic heterocycles. The monoisotopic (exact) mass is 341 g/mol. The summed E-state index contributed by atoms with van der Waals surface area (Å²) in [4.78, 5) is 26.5. The van der Waals surface area contributed by atoms with E-state index in [1.807, 2.05) is 27.3 Å². The Kier molecular flexibility index (Phi) is 7.74. The normalized spacial score (nSPS) is 23.1. The van der Waals surface area contributed by atoms with Crippen LogP contribution in [0.2, 0.25) is 6.55 Å². The van der Waals surface area contributed by atoms with Crippen LogP contribution in [0.5, 0.6) is 0 Å². The molecule has 2 unspecified atom stereocenters. The van der Waals surface area contributed by atoms with Gasteiger partial charge < -0.3 is 9.16 Å². The molecule has 0 aromatic rings. The highest BCUT2D eigenvalue weighted by Gasteiger charge is 2.39. The van der Waals surface area contributed by atoms with E-state index in [-0.39, 0.29) is 17.9 Å². The van der Waals surface area contributed by atoms with Gasteiger partial charge in [-0.2, -0.15) is 0 Å². The lowest BCUT2D eigenvalue weighted by molar-refractivity contribution is -0.133. The van der Waals surface area contributed by atoms with E-state index in [1.165, 1.54) is 4.90 Å². The molecule has 6 heteroatoms. The van der Waals surface area contributed by atoms with Crippen molar-refractivity contribution in [2.75, 3.05) is 6.61 Å². The van der Waals surface area contributed by atoms with Crippen LogP contribution in [0.25, 0.3) is 0 Å². The molecule has 0 spiro atoms. The minimum atomic E-state index is -0.616. The fourth-order valence-electron chi connectivity index (χ4n) is 3.03. The van der Waals surface area contributed by atoms with E-state index < -0.39 is 11.7 Å². The van der Waals surface area contributed by atoms with Crippen molar-refractivity contribution >= 4 is 21.8 Å². The standard InChI is InChI=1S/C17H31NO4Si/c1-12(2)10-13-8-7-9-15(19)18(14(13)11-21-23-6)16(20)22-17(3,4)5/h12-14H,7-11H2,1-6H3. The van der Waals surface area contributed by atoms with Crippen LogP contribution in [0, 0.1) is 11.8 Å². The molecule has 2 amide bonds. The predicted octanol–water partition coefficient (Wildman–Crippen LogP) is 3.65. The molecule has 0 aromatic carbocycles. The summed E-state index contributed by atoms with van der Waals surface area (Å²) in [5.41, 5.74) is -0.616. The number of hydrogen-bond acceptors (Lipinski definition) is 4. The van der Waals surface area contributed by atoms with Gasteiger partial charge in [-0.15, -0.1) is 0 Å². The zero-order valence-electron chi connectivity index (χ0n) is 15.3. The molecular formula is C17H31NO4Si. The lowest BCUT2D eigenvalue weighted by Crippen LogP contribution is -2.51. The van der Waals surface area contributed by atoms with Crippen molar-refractivity contribution in [3.8, 4) is 0 Å². The molecule has 1 aliphatic heterocycles. The summed E-state index contributed by atoms with van der Waals surface area (Å²) in [7, 11) is 0.341. The smallest absolute Gasteiger partial charge is 0.417 e. The molecule has 2 atom stereocenters. The Morgan fingerprint density at radius 2 is 2.04 bits per heavy atom. The molecule has 132 valence electrons. The van der Waals surface area contributed by atoms with Gasteiger partial charge in [0, 0.05) is 6.42 Å². The van der Waals surface area contributed by atoms with E-state index in [4.69, 9.17) is 9.16 Å². The molecule has 0 saturated carbocycles. The van der Waals surface area contributed by atoms with Crippen LogP contribution in [0.15, 0.2) is 0 Å². The molecular weight excluding hydrogens is 310 g/mol. The largest absolute Gasteiger partial charge is 0.443 e. The highest BCUT2D eigenvalue weighted by atomic mass is 28.2. The molecule has 23 heavy (non-hydrogen) atoms. The van der Waals surface area contributed by atoms with Crippen LogP contribution in [-0.4, -0.2) is 44.9 Å². The van der Waals surface area contributed by atoms with Crippen LogP contribution in [0.1, 0.15) is 60.3 Å². The first kappa shape index (κ1) is 20.2. The maximum absolute atomic E-state index is 12.6. The number of likely N-dealkylation sites (tertiary alicyclic amines) is 1. The van der Waals surface area contributed by atoms with Crippen LogP contribution >= 0.6 is 0 Å². The average Bonchev–Trinajstić information content (AvgIpc) is 2.53. The van der Waals surface area contributed by atoms with Crippen molar-refractivity contribution in [3.05, 3.63) is 0 Å². The van der Waals surface area contributed by atoms with Crippen LogP contribution in [0.3, 0.4) is 0 Å². The van der Waals surface area contributed by atoms with Crippen molar-refractivity contribution in [2.45, 2.75) is 78.5 Å². The summed E-state index contributed by atoms with van der Waals surface area (Å²) in [5.74, 6) is 0.643. The maximum Gasteiger partial charge on any atom is 0.417 e. The molecule has 2 radical (unpaired) electrons. The number of carbonyl (C=O) groups is 2. The second-order valence-corrected chi connectivity index (χ2v) is 8.31. The van der Waals surface area contributed by atoms with Gasteiger partial charge in [0.1, 0.15) is 5.60 Å². The molecule has 1 saturated heterocycles. The van der Waals surface area contributed by atoms with Gasteiger partial charge in [-0.25, -0.2) is 9.69 Å². The Balaban J connectivity index is 3.04. The highest BCUT2D eigenvalue weighted by Crippen LogP contribution is 2.30. The fourth-order valence-corrected chi connectivity index (χ4v) is 3.37. The summed E-state index contributed by atoms with van der Waals surface area (Å²) in [6.07, 6.45) is 2.61. The number of carbonyl (C=O) groups excluding carboxylic acids is 2. The zero-order valence-corrected chi connectivity index (χ0v) is 16.3. The SMILES string of the molecule is C[Si]OCC1C(CC(C)C)CCCC(=O)N1C(=O)OC(C)(C)C. The van der Waals surface area contributed by atoms with Gasteiger partial charge in [0.25, 0.3) is 0 Å². The zero-order chi connectivity index (χ0) is 17.6. The number of amides is 2. The van der Waals surface area contributed by atoms with E-state index in [2.05, 4.69) is 13.8 Å². The van der Waals surface area contributed by atoms with Crippen molar-refractivity contribution in [2.24, 2.45) is 11.8 Å². The highest BCUT2D eigenvalue weighted by molar-refractivity contribution is 6.24. The lowest BCUT2D eigenvalue weighted by atomic mass is 9.87. The van der Waals surface area contributed by atoms with Gasteiger partial charge in [0.2, 0.25) is 15.7 Å². The third-order valence-corrected chi connectivity index (χ3v) is 4.33. The van der Waals surface area contributed by atoms with Gasteiger partial charge in [0.05, 0.1) is 12.6 Å². The van der Waals surface area contributed by atoms with E-state index in [0.717, 1.165) is 19.3 Å². The third kappa shape index (κ3) is 6.63. The van der Waals surface area contributed by atoms with Crippen molar-refractivity contribution in [1.29, 1.82) is 0 Å². The van der Waals surface area contributed by atoms with Crippen molar-refractivity contribution in [3.63, 3.8) is 0 Å². The Labute approximate surface area is 143 Å². The third-order valence-electron chi connectivity index (χ3n) is 3.87. The molecule has 0 aliphatic carbocycles. The van der Waals surface area contributed by atoms with Gasteiger partial charge >= 0.3 is 6.09 Å². The van der Waals surface area contributed by atoms with Crippen LogP contribution in [0.4, 0.5) is 4.79 Å². The molecule has 0 bridgehead atoms. The Morgan fingerprint density at radius 1 is 1.39 bits per heavy atom. The Bertz CT molecular complexity index is 406. The second kappa shape index (κ2) is 8.83. The van der Waals surface area contributed by atoms with E-state index >= 15 is 0 Å². The lowest BCUT2D eigenvalue weighted by Gasteiger charge is -2.35. The first-order valence-electron chi connectivity index (χ1n) is 8.49. The first-order chi connectivity index (χ1) is 10.7. The summed E-state index contributed by atoms with van der Waals surface area (Å²) in [6.45, 7) is 12.1. The van der Waals surface area contributed by atoms with E-state index in [0.29, 0.717) is 28.7 Å². The molecule has 1 heterocycles. The average molecular weight is 342 g/mol.